The van der Waals surface area contributed by atoms with Crippen molar-refractivity contribution in [2.75, 3.05) is 25.7 Å². The zero-order valence-electron chi connectivity index (χ0n) is 9.93. The molecule has 0 saturated heterocycles. The topological polar surface area (TPSA) is 55.8 Å². The molecule has 4 nitrogen and oxygen atoms in total. The average Bonchev–Trinajstić information content (AvgIpc) is 2.34. The number of aromatic carboxylic acids is 1. The molecule has 1 aromatic carbocycles. The fourth-order valence-electron chi connectivity index (χ4n) is 1.31. The van der Waals surface area contributed by atoms with Crippen LogP contribution in [0.3, 0.4) is 0 Å². The minimum Gasteiger partial charge on any atom is -0.493 e. The summed E-state index contributed by atoms with van der Waals surface area (Å²) < 4.78 is 10.6. The van der Waals surface area contributed by atoms with E-state index in [2.05, 4.69) is 0 Å². The first kappa shape index (κ1) is 13.7. The van der Waals surface area contributed by atoms with Crippen molar-refractivity contribution >= 4 is 17.7 Å². The molecule has 0 aliphatic rings. The van der Waals surface area contributed by atoms with Crippen molar-refractivity contribution in [2.24, 2.45) is 0 Å². The molecule has 1 aromatic rings. The SMILES string of the molecule is COc1cc(C(=O)O)ccc1OCCCSC. The van der Waals surface area contributed by atoms with Crippen LogP contribution >= 0.6 is 11.8 Å². The van der Waals surface area contributed by atoms with Gasteiger partial charge in [0, 0.05) is 0 Å². The van der Waals surface area contributed by atoms with E-state index in [4.69, 9.17) is 14.6 Å². The van der Waals surface area contributed by atoms with Gasteiger partial charge in [0.25, 0.3) is 0 Å². The predicted octanol–water partition coefficient (Wildman–Crippen LogP) is 2.53. The van der Waals surface area contributed by atoms with Gasteiger partial charge in [-0.2, -0.15) is 11.8 Å². The van der Waals surface area contributed by atoms with E-state index < -0.39 is 5.97 Å². The first-order valence-electron chi connectivity index (χ1n) is 5.22. The summed E-state index contributed by atoms with van der Waals surface area (Å²) in [5.41, 5.74) is 0.193. The number of ether oxygens (including phenoxy) is 2. The Bertz CT molecular complexity index is 379. The van der Waals surface area contributed by atoms with Gasteiger partial charge in [-0.1, -0.05) is 0 Å². The molecule has 0 radical (unpaired) electrons. The van der Waals surface area contributed by atoms with E-state index in [9.17, 15) is 4.79 Å². The maximum atomic E-state index is 10.8. The molecule has 0 spiro atoms. The lowest BCUT2D eigenvalue weighted by molar-refractivity contribution is 0.0696. The van der Waals surface area contributed by atoms with Gasteiger partial charge in [-0.15, -0.1) is 0 Å². The molecular formula is C12H16O4S. The van der Waals surface area contributed by atoms with Crippen LogP contribution in [0.15, 0.2) is 18.2 Å². The summed E-state index contributed by atoms with van der Waals surface area (Å²) in [5.74, 6) is 1.10. The van der Waals surface area contributed by atoms with Crippen LogP contribution in [0.4, 0.5) is 0 Å². The van der Waals surface area contributed by atoms with Gasteiger partial charge in [-0.05, 0) is 36.6 Å². The summed E-state index contributed by atoms with van der Waals surface area (Å²) >= 11 is 1.76. The van der Waals surface area contributed by atoms with Crippen molar-refractivity contribution < 1.29 is 19.4 Å². The second-order valence-corrected chi connectivity index (χ2v) is 4.35. The van der Waals surface area contributed by atoms with Gasteiger partial charge in [0.2, 0.25) is 0 Å². The summed E-state index contributed by atoms with van der Waals surface area (Å²) in [4.78, 5) is 10.8. The lowest BCUT2D eigenvalue weighted by Crippen LogP contribution is -2.02. The van der Waals surface area contributed by atoms with Crippen molar-refractivity contribution in [2.45, 2.75) is 6.42 Å². The number of hydrogen-bond donors (Lipinski definition) is 1. The van der Waals surface area contributed by atoms with Gasteiger partial charge in [-0.3, -0.25) is 0 Å². The Morgan fingerprint density at radius 1 is 1.41 bits per heavy atom. The molecule has 0 aromatic heterocycles. The molecule has 0 unspecified atom stereocenters. The maximum Gasteiger partial charge on any atom is 0.335 e. The number of carboxylic acid groups (broad SMARTS) is 1. The van der Waals surface area contributed by atoms with Crippen molar-refractivity contribution in [3.8, 4) is 11.5 Å². The average molecular weight is 256 g/mol. The van der Waals surface area contributed by atoms with Crippen molar-refractivity contribution in [1.29, 1.82) is 0 Å². The molecule has 1 N–H and O–H groups in total. The Kier molecular flexibility index (Phi) is 5.69. The van der Waals surface area contributed by atoms with E-state index in [-0.39, 0.29) is 5.56 Å². The number of rotatable bonds is 7. The molecule has 1 rings (SSSR count). The van der Waals surface area contributed by atoms with Crippen molar-refractivity contribution in [3.63, 3.8) is 0 Å². The van der Waals surface area contributed by atoms with E-state index in [1.807, 2.05) is 6.26 Å². The van der Waals surface area contributed by atoms with Crippen LogP contribution in [0.5, 0.6) is 11.5 Å². The highest BCUT2D eigenvalue weighted by Gasteiger charge is 2.09. The van der Waals surface area contributed by atoms with Crippen LogP contribution in [0.25, 0.3) is 0 Å². The van der Waals surface area contributed by atoms with Gasteiger partial charge in [0.15, 0.2) is 11.5 Å². The molecule has 0 amide bonds. The molecule has 0 atom stereocenters. The lowest BCUT2D eigenvalue weighted by atomic mass is 10.2. The molecule has 0 bridgehead atoms. The van der Waals surface area contributed by atoms with Gasteiger partial charge >= 0.3 is 5.97 Å². The second-order valence-electron chi connectivity index (χ2n) is 3.37. The minimum absolute atomic E-state index is 0.193. The predicted molar refractivity (Wildman–Crippen MR) is 68.4 cm³/mol. The lowest BCUT2D eigenvalue weighted by Gasteiger charge is -2.10. The summed E-state index contributed by atoms with van der Waals surface area (Å²) in [7, 11) is 1.50. The standard InChI is InChI=1S/C12H16O4S/c1-15-11-8-9(12(13)14)4-5-10(11)16-6-3-7-17-2/h4-5,8H,3,6-7H2,1-2H3,(H,13,14). The Hall–Kier alpha value is -1.36. The number of thioether (sulfide) groups is 1. The van der Waals surface area contributed by atoms with Crippen LogP contribution < -0.4 is 9.47 Å². The highest BCUT2D eigenvalue weighted by molar-refractivity contribution is 7.98. The van der Waals surface area contributed by atoms with E-state index in [0.29, 0.717) is 18.1 Å². The molecule has 5 heteroatoms. The number of carboxylic acids is 1. The third kappa shape index (κ3) is 4.19. The van der Waals surface area contributed by atoms with E-state index in [1.54, 1.807) is 17.8 Å². The second kappa shape index (κ2) is 7.06. The van der Waals surface area contributed by atoms with Crippen LogP contribution in [0, 0.1) is 0 Å². The fraction of sp³-hybridized carbons (Fsp3) is 0.417. The molecular weight excluding hydrogens is 240 g/mol. The van der Waals surface area contributed by atoms with Crippen LogP contribution in [0.2, 0.25) is 0 Å². The molecule has 0 saturated carbocycles. The summed E-state index contributed by atoms with van der Waals surface area (Å²) in [5, 5.41) is 8.84. The van der Waals surface area contributed by atoms with E-state index in [0.717, 1.165) is 12.2 Å². The van der Waals surface area contributed by atoms with Gasteiger partial charge in [-0.25, -0.2) is 4.79 Å². The van der Waals surface area contributed by atoms with E-state index in [1.165, 1.54) is 19.2 Å². The maximum absolute atomic E-state index is 10.8. The third-order valence-corrected chi connectivity index (χ3v) is 2.86. The molecule has 17 heavy (non-hydrogen) atoms. The minimum atomic E-state index is -0.975. The summed E-state index contributed by atoms with van der Waals surface area (Å²) in [6.07, 6.45) is 2.99. The Morgan fingerprint density at radius 3 is 2.76 bits per heavy atom. The van der Waals surface area contributed by atoms with Crippen LogP contribution in [-0.2, 0) is 0 Å². The van der Waals surface area contributed by atoms with Gasteiger partial charge in [0.05, 0.1) is 19.3 Å². The van der Waals surface area contributed by atoms with Crippen molar-refractivity contribution in [3.05, 3.63) is 23.8 Å². The van der Waals surface area contributed by atoms with Crippen LogP contribution in [-0.4, -0.2) is 36.8 Å². The molecule has 0 aliphatic heterocycles. The van der Waals surface area contributed by atoms with E-state index >= 15 is 0 Å². The summed E-state index contributed by atoms with van der Waals surface area (Å²) in [6, 6.07) is 4.60. The summed E-state index contributed by atoms with van der Waals surface area (Å²) in [6.45, 7) is 0.601. The highest BCUT2D eigenvalue weighted by atomic mass is 32.2. The first-order chi connectivity index (χ1) is 8.19. The smallest absolute Gasteiger partial charge is 0.335 e. The highest BCUT2D eigenvalue weighted by Crippen LogP contribution is 2.28. The fourth-order valence-corrected chi connectivity index (χ4v) is 1.71. The van der Waals surface area contributed by atoms with Gasteiger partial charge < -0.3 is 14.6 Å². The zero-order chi connectivity index (χ0) is 12.7. The Balaban J connectivity index is 2.68. The number of methoxy groups -OCH3 is 1. The Labute approximate surface area is 105 Å². The molecule has 0 aliphatic carbocycles. The van der Waals surface area contributed by atoms with Gasteiger partial charge in [0.1, 0.15) is 0 Å². The number of benzene rings is 1. The molecule has 94 valence electrons. The number of carbonyl (C=O) groups is 1. The molecule has 0 heterocycles. The quantitative estimate of drug-likeness (QED) is 0.760. The molecule has 0 fully saturated rings. The monoisotopic (exact) mass is 256 g/mol. The zero-order valence-corrected chi connectivity index (χ0v) is 10.8. The number of hydrogen-bond acceptors (Lipinski definition) is 4. The van der Waals surface area contributed by atoms with Crippen LogP contribution in [0.1, 0.15) is 16.8 Å². The van der Waals surface area contributed by atoms with Crippen molar-refractivity contribution in [1.82, 2.24) is 0 Å². The third-order valence-electron chi connectivity index (χ3n) is 2.16. The normalized spacial score (nSPS) is 10.0. The first-order valence-corrected chi connectivity index (χ1v) is 6.61. The largest absolute Gasteiger partial charge is 0.493 e. The Morgan fingerprint density at radius 2 is 2.18 bits per heavy atom.